The van der Waals surface area contributed by atoms with Gasteiger partial charge in [-0.25, -0.2) is 13.8 Å². The van der Waals surface area contributed by atoms with Gasteiger partial charge >= 0.3 is 0 Å². The van der Waals surface area contributed by atoms with Crippen molar-refractivity contribution in [3.8, 4) is 22.1 Å². The van der Waals surface area contributed by atoms with E-state index >= 15 is 0 Å². The van der Waals surface area contributed by atoms with Crippen LogP contribution < -0.4 is 9.47 Å². The monoisotopic (exact) mass is 444 g/mol. The van der Waals surface area contributed by atoms with Gasteiger partial charge in [-0.2, -0.15) is 0 Å². The number of fused-ring (bicyclic) bond motifs is 1. The molecule has 0 spiro atoms. The molecule has 4 rings (SSSR count). The molecule has 31 heavy (non-hydrogen) atoms. The molecular weight excluding hydrogens is 422 g/mol. The number of hydrogen-bond donors (Lipinski definition) is 0. The summed E-state index contributed by atoms with van der Waals surface area (Å²) in [5, 5.41) is 0.575. The van der Waals surface area contributed by atoms with Crippen LogP contribution >= 0.6 is 11.3 Å². The summed E-state index contributed by atoms with van der Waals surface area (Å²) in [6.45, 7) is 1.52. The maximum Gasteiger partial charge on any atom is 0.223 e. The van der Waals surface area contributed by atoms with Crippen LogP contribution in [0.3, 0.4) is 0 Å². The van der Waals surface area contributed by atoms with Crippen molar-refractivity contribution in [3.05, 3.63) is 64.7 Å². The van der Waals surface area contributed by atoms with Crippen LogP contribution in [0.5, 0.6) is 11.5 Å². The van der Waals surface area contributed by atoms with Gasteiger partial charge < -0.3 is 14.4 Å². The second-order valence-corrected chi connectivity index (χ2v) is 8.32. The molecule has 0 aliphatic carbocycles. The Bertz CT molecular complexity index is 1050. The molecule has 5 nitrogen and oxygen atoms in total. The number of ether oxygens (including phenoxy) is 2. The molecule has 1 amide bonds. The summed E-state index contributed by atoms with van der Waals surface area (Å²) >= 11 is 1.38. The average molecular weight is 445 g/mol. The minimum atomic E-state index is -0.628. The lowest BCUT2D eigenvalue weighted by atomic mass is 10.1. The molecule has 0 saturated carbocycles. The van der Waals surface area contributed by atoms with Crippen molar-refractivity contribution in [1.29, 1.82) is 0 Å². The van der Waals surface area contributed by atoms with E-state index in [1.165, 1.54) is 23.5 Å². The first-order chi connectivity index (χ1) is 15.0. The lowest BCUT2D eigenvalue weighted by Crippen LogP contribution is -2.35. The van der Waals surface area contributed by atoms with Crippen LogP contribution in [-0.4, -0.2) is 36.1 Å². The number of carbonyl (C=O) groups excluding carboxylic acids is 1. The fraction of sp³-hybridized carbons (Fsp3) is 0.304. The summed E-state index contributed by atoms with van der Waals surface area (Å²) in [5.41, 5.74) is 1.32. The third kappa shape index (κ3) is 5.19. The van der Waals surface area contributed by atoms with Gasteiger partial charge in [-0.1, -0.05) is 0 Å². The fourth-order valence-electron chi connectivity index (χ4n) is 3.45. The van der Waals surface area contributed by atoms with Gasteiger partial charge in [-0.05, 0) is 42.8 Å². The Balaban J connectivity index is 1.30. The van der Waals surface area contributed by atoms with Crippen LogP contribution in [0.15, 0.2) is 42.5 Å². The Hall–Kier alpha value is -3.00. The number of benzene rings is 2. The van der Waals surface area contributed by atoms with E-state index in [2.05, 4.69) is 4.98 Å². The van der Waals surface area contributed by atoms with E-state index in [4.69, 9.17) is 9.47 Å². The molecule has 162 valence electrons. The van der Waals surface area contributed by atoms with Crippen molar-refractivity contribution in [2.75, 3.05) is 20.3 Å². The standard InChI is InChI=1S/C23H22F2N2O3S/c1-29-18-4-6-19(7-5-18)30-10-2-3-22(28)27-9-8-20-21(14-27)31-23(26-20)15-11-16(24)13-17(25)12-15/h4-7,11-13H,2-3,8-10,14H2,1H3. The van der Waals surface area contributed by atoms with Crippen molar-refractivity contribution in [1.82, 2.24) is 9.88 Å². The maximum absolute atomic E-state index is 13.5. The van der Waals surface area contributed by atoms with E-state index in [9.17, 15) is 13.6 Å². The molecule has 2 heterocycles. The first-order valence-electron chi connectivity index (χ1n) is 10.0. The van der Waals surface area contributed by atoms with Crippen molar-refractivity contribution in [2.24, 2.45) is 0 Å². The Morgan fingerprint density at radius 2 is 1.84 bits per heavy atom. The summed E-state index contributed by atoms with van der Waals surface area (Å²) in [7, 11) is 1.61. The number of nitrogens with zero attached hydrogens (tertiary/aromatic N) is 2. The van der Waals surface area contributed by atoms with E-state index in [0.717, 1.165) is 28.1 Å². The van der Waals surface area contributed by atoms with Crippen LogP contribution in [0.1, 0.15) is 23.4 Å². The van der Waals surface area contributed by atoms with E-state index < -0.39 is 11.6 Å². The highest BCUT2D eigenvalue weighted by atomic mass is 32.1. The summed E-state index contributed by atoms with van der Waals surface area (Å²) < 4.78 is 37.8. The number of aromatic nitrogens is 1. The van der Waals surface area contributed by atoms with Gasteiger partial charge in [0.2, 0.25) is 5.91 Å². The molecule has 0 radical (unpaired) electrons. The van der Waals surface area contributed by atoms with Crippen molar-refractivity contribution < 1.29 is 23.0 Å². The second-order valence-electron chi connectivity index (χ2n) is 7.24. The molecule has 1 aliphatic heterocycles. The van der Waals surface area contributed by atoms with Gasteiger partial charge in [0, 0.05) is 35.9 Å². The average Bonchev–Trinajstić information content (AvgIpc) is 3.20. The summed E-state index contributed by atoms with van der Waals surface area (Å²) in [6.07, 6.45) is 1.65. The number of thiazole rings is 1. The number of amides is 1. The van der Waals surface area contributed by atoms with Crippen LogP contribution in [0.4, 0.5) is 8.78 Å². The molecule has 0 unspecified atom stereocenters. The number of rotatable bonds is 7. The fourth-order valence-corrected chi connectivity index (χ4v) is 4.56. The zero-order chi connectivity index (χ0) is 21.8. The summed E-state index contributed by atoms with van der Waals surface area (Å²) in [6, 6.07) is 10.7. The molecule has 0 saturated heterocycles. The SMILES string of the molecule is COc1ccc(OCCCC(=O)N2CCc3nc(-c4cc(F)cc(F)c4)sc3C2)cc1. The third-order valence-electron chi connectivity index (χ3n) is 5.06. The minimum absolute atomic E-state index is 0.0655. The molecule has 0 bridgehead atoms. The quantitative estimate of drug-likeness (QED) is 0.490. The zero-order valence-electron chi connectivity index (χ0n) is 17.1. The molecule has 2 aromatic carbocycles. The molecule has 3 aromatic rings. The molecule has 1 aliphatic rings. The second kappa shape index (κ2) is 9.43. The molecule has 0 N–H and O–H groups in total. The number of carbonyl (C=O) groups is 1. The van der Waals surface area contributed by atoms with Crippen molar-refractivity contribution >= 4 is 17.2 Å². The highest BCUT2D eigenvalue weighted by Gasteiger charge is 2.24. The smallest absolute Gasteiger partial charge is 0.223 e. The van der Waals surface area contributed by atoms with E-state index in [-0.39, 0.29) is 5.91 Å². The van der Waals surface area contributed by atoms with E-state index in [1.54, 1.807) is 7.11 Å². The Labute approximate surface area is 183 Å². The zero-order valence-corrected chi connectivity index (χ0v) is 17.9. The Kier molecular flexibility index (Phi) is 6.46. The lowest BCUT2D eigenvalue weighted by molar-refractivity contribution is -0.132. The Morgan fingerprint density at radius 3 is 2.55 bits per heavy atom. The van der Waals surface area contributed by atoms with E-state index in [0.29, 0.717) is 49.5 Å². The van der Waals surface area contributed by atoms with Crippen LogP contribution in [0.25, 0.3) is 10.6 Å². The molecular formula is C23H22F2N2O3S. The predicted molar refractivity (Wildman–Crippen MR) is 114 cm³/mol. The normalized spacial score (nSPS) is 13.1. The summed E-state index contributed by atoms with van der Waals surface area (Å²) in [5.74, 6) is 0.312. The largest absolute Gasteiger partial charge is 0.497 e. The molecule has 0 atom stereocenters. The van der Waals surface area contributed by atoms with Gasteiger partial charge in [0.1, 0.15) is 28.1 Å². The first-order valence-corrected chi connectivity index (χ1v) is 10.8. The van der Waals surface area contributed by atoms with Crippen LogP contribution in [-0.2, 0) is 17.8 Å². The number of methoxy groups -OCH3 is 1. The number of hydrogen-bond acceptors (Lipinski definition) is 5. The van der Waals surface area contributed by atoms with Gasteiger partial charge in [-0.3, -0.25) is 4.79 Å². The maximum atomic E-state index is 13.5. The molecule has 1 aromatic heterocycles. The topological polar surface area (TPSA) is 51.7 Å². The Morgan fingerprint density at radius 1 is 1.13 bits per heavy atom. The minimum Gasteiger partial charge on any atom is -0.497 e. The lowest BCUT2D eigenvalue weighted by Gasteiger charge is -2.26. The first kappa shape index (κ1) is 21.2. The van der Waals surface area contributed by atoms with Crippen molar-refractivity contribution in [2.45, 2.75) is 25.8 Å². The van der Waals surface area contributed by atoms with Gasteiger partial charge in [0.15, 0.2) is 0 Å². The molecule has 0 fully saturated rings. The van der Waals surface area contributed by atoms with Gasteiger partial charge in [0.25, 0.3) is 0 Å². The molecule has 8 heteroatoms. The van der Waals surface area contributed by atoms with E-state index in [1.807, 2.05) is 29.2 Å². The van der Waals surface area contributed by atoms with Gasteiger partial charge in [-0.15, -0.1) is 11.3 Å². The predicted octanol–water partition coefficient (Wildman–Crippen LogP) is 4.84. The highest BCUT2D eigenvalue weighted by molar-refractivity contribution is 7.15. The summed E-state index contributed by atoms with van der Waals surface area (Å²) in [4.78, 5) is 19.9. The van der Waals surface area contributed by atoms with Crippen molar-refractivity contribution in [3.63, 3.8) is 0 Å². The number of halogens is 2. The third-order valence-corrected chi connectivity index (χ3v) is 6.19. The van der Waals surface area contributed by atoms with Crippen LogP contribution in [0.2, 0.25) is 0 Å². The van der Waals surface area contributed by atoms with Crippen LogP contribution in [0, 0.1) is 11.6 Å². The highest BCUT2D eigenvalue weighted by Crippen LogP contribution is 2.32. The van der Waals surface area contributed by atoms with Gasteiger partial charge in [0.05, 0.1) is 26.0 Å².